The third-order valence-corrected chi connectivity index (χ3v) is 1.59. The van der Waals surface area contributed by atoms with Crippen molar-refractivity contribution in [3.05, 3.63) is 29.8 Å². The zero-order valence-corrected chi connectivity index (χ0v) is 7.35. The summed E-state index contributed by atoms with van der Waals surface area (Å²) < 4.78 is 27.9. The molecule has 0 radical (unpaired) electrons. The molecule has 70 valence electrons. The topological polar surface area (TPSA) is 35.2 Å². The minimum Gasteiger partial charge on any atom is -0.434 e. The van der Waals surface area contributed by atoms with Crippen molar-refractivity contribution in [2.24, 2.45) is 5.73 Å². The van der Waals surface area contributed by atoms with E-state index in [1.165, 1.54) is 12.1 Å². The van der Waals surface area contributed by atoms with Crippen molar-refractivity contribution in [3.8, 4) is 5.75 Å². The molecule has 0 spiro atoms. The van der Waals surface area contributed by atoms with Gasteiger partial charge in [0.05, 0.1) is 5.56 Å². The number of thiocarbonyl (C=S) groups is 1. The van der Waals surface area contributed by atoms with Crippen molar-refractivity contribution < 1.29 is 13.5 Å². The summed E-state index contributed by atoms with van der Waals surface area (Å²) in [5.41, 5.74) is 5.61. The van der Waals surface area contributed by atoms with E-state index >= 15 is 0 Å². The highest BCUT2D eigenvalue weighted by molar-refractivity contribution is 7.80. The standard InChI is InChI=1S/C8H7F2NOS/c9-8(10)12-6-4-2-1-3-5(6)7(11)13/h1-4,8H,(H2,11,13). The molecule has 0 amide bonds. The van der Waals surface area contributed by atoms with Crippen molar-refractivity contribution in [1.29, 1.82) is 0 Å². The fraction of sp³-hybridized carbons (Fsp3) is 0.125. The molecule has 1 aromatic carbocycles. The van der Waals surface area contributed by atoms with E-state index in [0.29, 0.717) is 5.56 Å². The number of ether oxygens (including phenoxy) is 1. The zero-order chi connectivity index (χ0) is 9.84. The maximum atomic E-state index is 11.9. The Morgan fingerprint density at radius 3 is 2.54 bits per heavy atom. The smallest absolute Gasteiger partial charge is 0.387 e. The number of benzene rings is 1. The van der Waals surface area contributed by atoms with Gasteiger partial charge in [-0.05, 0) is 12.1 Å². The van der Waals surface area contributed by atoms with E-state index in [-0.39, 0.29) is 10.7 Å². The predicted molar refractivity (Wildman–Crippen MR) is 49.0 cm³/mol. The maximum absolute atomic E-state index is 11.9. The van der Waals surface area contributed by atoms with E-state index in [9.17, 15) is 8.78 Å². The highest BCUT2D eigenvalue weighted by Gasteiger charge is 2.09. The summed E-state index contributed by atoms with van der Waals surface area (Å²) in [4.78, 5) is 0.0382. The molecule has 0 heterocycles. The van der Waals surface area contributed by atoms with Gasteiger partial charge in [-0.1, -0.05) is 24.4 Å². The van der Waals surface area contributed by atoms with Crippen molar-refractivity contribution >= 4 is 17.2 Å². The summed E-state index contributed by atoms with van der Waals surface area (Å²) in [5, 5.41) is 0. The number of alkyl halides is 2. The van der Waals surface area contributed by atoms with Crippen molar-refractivity contribution in [2.45, 2.75) is 6.61 Å². The SMILES string of the molecule is NC(=S)c1ccccc1OC(F)F. The molecule has 0 aliphatic rings. The molecular formula is C8H7F2NOS. The van der Waals surface area contributed by atoms with Crippen molar-refractivity contribution in [1.82, 2.24) is 0 Å². The Hall–Kier alpha value is -1.23. The monoisotopic (exact) mass is 203 g/mol. The first kappa shape index (κ1) is 9.85. The highest BCUT2D eigenvalue weighted by Crippen LogP contribution is 2.19. The molecule has 0 atom stereocenters. The van der Waals surface area contributed by atoms with Gasteiger partial charge in [0.25, 0.3) is 0 Å². The average molecular weight is 203 g/mol. The molecule has 0 saturated heterocycles. The van der Waals surface area contributed by atoms with E-state index in [2.05, 4.69) is 17.0 Å². The van der Waals surface area contributed by atoms with Crippen molar-refractivity contribution in [2.75, 3.05) is 0 Å². The number of para-hydroxylation sites is 1. The normalized spacial score (nSPS) is 10.1. The molecule has 2 nitrogen and oxygen atoms in total. The van der Waals surface area contributed by atoms with Crippen LogP contribution in [0.1, 0.15) is 5.56 Å². The Balaban J connectivity index is 2.98. The molecule has 0 aliphatic heterocycles. The molecule has 1 rings (SSSR count). The van der Waals surface area contributed by atoms with E-state index < -0.39 is 6.61 Å². The van der Waals surface area contributed by atoms with E-state index in [1.807, 2.05) is 0 Å². The van der Waals surface area contributed by atoms with Gasteiger partial charge in [-0.2, -0.15) is 8.78 Å². The van der Waals surface area contributed by atoms with Gasteiger partial charge >= 0.3 is 6.61 Å². The van der Waals surface area contributed by atoms with Gasteiger partial charge in [0.1, 0.15) is 10.7 Å². The highest BCUT2D eigenvalue weighted by atomic mass is 32.1. The summed E-state index contributed by atoms with van der Waals surface area (Å²) in [7, 11) is 0. The Morgan fingerprint density at radius 2 is 2.00 bits per heavy atom. The lowest BCUT2D eigenvalue weighted by Gasteiger charge is -2.08. The largest absolute Gasteiger partial charge is 0.434 e. The van der Waals surface area contributed by atoms with Gasteiger partial charge in [0, 0.05) is 0 Å². The van der Waals surface area contributed by atoms with Crippen LogP contribution in [0.3, 0.4) is 0 Å². The second kappa shape index (κ2) is 4.13. The van der Waals surface area contributed by atoms with Gasteiger partial charge in [-0.3, -0.25) is 0 Å². The third kappa shape index (κ3) is 2.62. The van der Waals surface area contributed by atoms with Crippen LogP contribution in [0.5, 0.6) is 5.75 Å². The van der Waals surface area contributed by atoms with Gasteiger partial charge in [-0.25, -0.2) is 0 Å². The van der Waals surface area contributed by atoms with Crippen LogP contribution in [0.2, 0.25) is 0 Å². The Morgan fingerprint density at radius 1 is 1.38 bits per heavy atom. The molecule has 2 N–H and O–H groups in total. The summed E-state index contributed by atoms with van der Waals surface area (Å²) in [6, 6.07) is 6.13. The summed E-state index contributed by atoms with van der Waals surface area (Å²) >= 11 is 4.66. The van der Waals surface area contributed by atoms with E-state index in [4.69, 9.17) is 5.73 Å². The summed E-state index contributed by atoms with van der Waals surface area (Å²) in [5.74, 6) is 0.00463. The number of hydrogen-bond donors (Lipinski definition) is 1. The minimum atomic E-state index is -2.87. The minimum absolute atomic E-state index is 0.00463. The fourth-order valence-corrected chi connectivity index (χ4v) is 1.04. The third-order valence-electron chi connectivity index (χ3n) is 1.37. The Kier molecular flexibility index (Phi) is 3.13. The molecule has 5 heteroatoms. The number of halogens is 2. The molecule has 0 saturated carbocycles. The first-order chi connectivity index (χ1) is 6.11. The van der Waals surface area contributed by atoms with E-state index in [0.717, 1.165) is 0 Å². The van der Waals surface area contributed by atoms with Crippen LogP contribution in [0, 0.1) is 0 Å². The fourth-order valence-electron chi connectivity index (χ4n) is 0.869. The second-order valence-corrected chi connectivity index (χ2v) is 2.68. The first-order valence-corrected chi connectivity index (χ1v) is 3.85. The van der Waals surface area contributed by atoms with Crippen LogP contribution < -0.4 is 10.5 Å². The lowest BCUT2D eigenvalue weighted by molar-refractivity contribution is -0.0499. The molecule has 0 bridgehead atoms. The molecule has 0 fully saturated rings. The van der Waals surface area contributed by atoms with Gasteiger partial charge < -0.3 is 10.5 Å². The van der Waals surface area contributed by atoms with Crippen LogP contribution in [0.15, 0.2) is 24.3 Å². The quantitative estimate of drug-likeness (QED) is 0.762. The number of hydrogen-bond acceptors (Lipinski definition) is 2. The number of rotatable bonds is 3. The van der Waals surface area contributed by atoms with Gasteiger partial charge in [0.2, 0.25) is 0 Å². The molecule has 0 aromatic heterocycles. The predicted octanol–water partition coefficient (Wildman–Crippen LogP) is 1.92. The summed E-state index contributed by atoms with van der Waals surface area (Å²) in [6.07, 6.45) is 0. The van der Waals surface area contributed by atoms with Gasteiger partial charge in [-0.15, -0.1) is 0 Å². The average Bonchev–Trinajstić information content (AvgIpc) is 2.03. The summed E-state index contributed by atoms with van der Waals surface area (Å²) in [6.45, 7) is -2.87. The Bertz CT molecular complexity index is 317. The second-order valence-electron chi connectivity index (χ2n) is 2.24. The molecule has 13 heavy (non-hydrogen) atoms. The van der Waals surface area contributed by atoms with Crippen LogP contribution in [-0.4, -0.2) is 11.6 Å². The molecule has 0 unspecified atom stereocenters. The Labute approximate surface area is 79.3 Å². The van der Waals surface area contributed by atoms with Crippen molar-refractivity contribution in [3.63, 3.8) is 0 Å². The lowest BCUT2D eigenvalue weighted by atomic mass is 10.2. The van der Waals surface area contributed by atoms with Crippen LogP contribution in [0.25, 0.3) is 0 Å². The number of nitrogens with two attached hydrogens (primary N) is 1. The first-order valence-electron chi connectivity index (χ1n) is 3.45. The van der Waals surface area contributed by atoms with E-state index in [1.54, 1.807) is 12.1 Å². The molecule has 0 aliphatic carbocycles. The molecule has 1 aromatic rings. The van der Waals surface area contributed by atoms with Crippen LogP contribution in [-0.2, 0) is 0 Å². The lowest BCUT2D eigenvalue weighted by Crippen LogP contribution is -2.13. The molecular weight excluding hydrogens is 196 g/mol. The maximum Gasteiger partial charge on any atom is 0.387 e. The zero-order valence-electron chi connectivity index (χ0n) is 6.54. The van der Waals surface area contributed by atoms with Crippen LogP contribution >= 0.6 is 12.2 Å². The van der Waals surface area contributed by atoms with Crippen LogP contribution in [0.4, 0.5) is 8.78 Å². The van der Waals surface area contributed by atoms with Gasteiger partial charge in [0.15, 0.2) is 0 Å².